The normalized spacial score (nSPS) is 29.5. The van der Waals surface area contributed by atoms with Crippen LogP contribution in [0, 0.1) is 47.3 Å². The number of carbonyl (C=O) groups excluding carboxylic acids is 9. The number of hydrogen-bond acceptors (Lipinski definition) is 29. The van der Waals surface area contributed by atoms with E-state index in [0.717, 1.165) is 56.4 Å². The van der Waals surface area contributed by atoms with Crippen molar-refractivity contribution in [1.82, 2.24) is 31.9 Å². The van der Waals surface area contributed by atoms with Crippen molar-refractivity contribution in [3.05, 3.63) is 135 Å². The number of aromatic hydroxyl groups is 2. The van der Waals surface area contributed by atoms with E-state index in [1.165, 1.54) is 74.5 Å². The van der Waals surface area contributed by atoms with E-state index in [1.807, 2.05) is 27.7 Å². The minimum absolute atomic E-state index is 0.0274. The maximum atomic E-state index is 16.8. The minimum atomic E-state index is -2.22. The Morgan fingerprint density at radius 1 is 0.667 bits per heavy atom. The molecule has 7 heterocycles. The average molecular weight is 1870 g/mol. The van der Waals surface area contributed by atoms with E-state index in [1.54, 1.807) is 19.1 Å². The SMILES string of the molecule is CCNCCOc1ccc(NC(=O)Oc2cc(O)c3c(c2)[C@@H](C(=O)CC2C4CC5CC(C4)CC2C5)NC(=O)[C@H]2NC(=O)[C@H](CC(=O)[C@@H]4NC(=O)[C@H](CC(N)=O)CC(=O)[C@H](NC(=O)[C@H](CC)CC(C)C)[C@H](O)c5ccc(c(Cl)c5)Oc5cc4cc(c5O[C@@H]4O[C@H](CO)[C@@H](O)[C@H](O)[C@H]4O[C@H]4C[C@](C)(N)[C@H](O)[C@H](C)O4)Oc4ccc(cc4Cl)[C@H]2O)c2ccc(O)c-3c2)c(OCCNCC)c1. The number of likely N-dealkylation sites (N-methyl/N-ethyl adjacent to an activating group) is 2. The molecule has 17 rings (SSSR count). The number of phenols is 2. The van der Waals surface area contributed by atoms with Gasteiger partial charge in [0.25, 0.3) is 0 Å². The number of ketones is 3. The molecule has 0 spiro atoms. The van der Waals surface area contributed by atoms with Gasteiger partial charge in [-0.3, -0.25) is 43.7 Å². The molecule has 712 valence electrons. The number of ether oxygens (including phenoxy) is 9. The number of nitrogens with two attached hydrogens (primary N) is 2. The maximum Gasteiger partial charge on any atom is 0.417 e. The van der Waals surface area contributed by atoms with Gasteiger partial charge in [0.05, 0.1) is 46.4 Å². The number of hydrogen-bond donors (Lipinski definition) is 17. The summed E-state index contributed by atoms with van der Waals surface area (Å²) in [7, 11) is 0. The molecule has 35 nitrogen and oxygen atoms in total. The maximum absolute atomic E-state index is 16.8. The first-order valence-corrected chi connectivity index (χ1v) is 45.9. The number of halogens is 2. The van der Waals surface area contributed by atoms with Crippen LogP contribution in [0.1, 0.15) is 184 Å². The van der Waals surface area contributed by atoms with E-state index in [2.05, 4.69) is 37.2 Å². The summed E-state index contributed by atoms with van der Waals surface area (Å²) < 4.78 is 57.4. The second-order valence-corrected chi connectivity index (χ2v) is 37.4. The zero-order valence-electron chi connectivity index (χ0n) is 74.3. The first-order valence-electron chi connectivity index (χ1n) is 45.1. The summed E-state index contributed by atoms with van der Waals surface area (Å²) in [5.74, 6) is -15.5. The summed E-state index contributed by atoms with van der Waals surface area (Å²) in [5.41, 5.74) is 9.49. The highest BCUT2D eigenvalue weighted by molar-refractivity contribution is 6.32. The van der Waals surface area contributed by atoms with Gasteiger partial charge in [-0.15, -0.1) is 0 Å². The summed E-state index contributed by atoms with van der Waals surface area (Å²) in [4.78, 5) is 139. The molecule has 18 atom stereocenters. The summed E-state index contributed by atoms with van der Waals surface area (Å²) in [6.45, 7) is 14.3. The number of phenolic OH excluding ortho intramolecular Hbond substituents is 2. The number of carbonyl (C=O) groups is 9. The third kappa shape index (κ3) is 22.0. The molecule has 15 bridgehead atoms. The van der Waals surface area contributed by atoms with E-state index in [9.17, 15) is 55.2 Å². The molecule has 132 heavy (non-hydrogen) atoms. The quantitative estimate of drug-likeness (QED) is 0.0215. The Hall–Kier alpha value is -10.4. The van der Waals surface area contributed by atoms with Crippen LogP contribution in [0.25, 0.3) is 11.1 Å². The Balaban J connectivity index is 0.948. The molecule has 0 aromatic heterocycles. The van der Waals surface area contributed by atoms with Crippen LogP contribution in [0.5, 0.6) is 57.5 Å². The number of benzene rings is 6. The lowest BCUT2D eigenvalue weighted by atomic mass is 9.51. The highest BCUT2D eigenvalue weighted by Gasteiger charge is 2.53. The van der Waals surface area contributed by atoms with Crippen LogP contribution in [-0.2, 0) is 52.6 Å². The van der Waals surface area contributed by atoms with Gasteiger partial charge in [-0.25, -0.2) is 4.79 Å². The van der Waals surface area contributed by atoms with Crippen molar-refractivity contribution in [3.63, 3.8) is 0 Å². The number of amides is 6. The van der Waals surface area contributed by atoms with Gasteiger partial charge < -0.3 is 127 Å². The number of fused-ring (bicyclic) bond motifs is 15. The van der Waals surface area contributed by atoms with Crippen LogP contribution in [0.3, 0.4) is 0 Å². The number of anilines is 1. The number of Topliss-reactive ketones (excluding diaryl/α,β-unsaturated/α-hetero) is 3. The highest BCUT2D eigenvalue weighted by atomic mass is 35.5. The summed E-state index contributed by atoms with van der Waals surface area (Å²) >= 11 is 14.6. The van der Waals surface area contributed by atoms with Crippen LogP contribution in [0.4, 0.5) is 10.5 Å². The summed E-state index contributed by atoms with van der Waals surface area (Å²) in [6.07, 6.45) is -16.7. The zero-order valence-corrected chi connectivity index (χ0v) is 75.8. The van der Waals surface area contributed by atoms with Crippen LogP contribution >= 0.6 is 23.2 Å². The van der Waals surface area contributed by atoms with Crippen LogP contribution in [0.15, 0.2) is 97.1 Å². The molecule has 4 aliphatic carbocycles. The number of rotatable bonds is 27. The lowest BCUT2D eigenvalue weighted by Gasteiger charge is -2.54. The van der Waals surface area contributed by atoms with E-state index in [4.69, 9.17) is 77.3 Å². The first kappa shape index (κ1) is 97.7. The van der Waals surface area contributed by atoms with Crippen LogP contribution < -0.4 is 77.1 Å². The van der Waals surface area contributed by atoms with Gasteiger partial charge in [0.2, 0.25) is 41.6 Å². The standard InChI is InChI=1S/C95H117Cl2N9O26/c1-8-47(23-43(4)5)89(119)105-80-66(110)32-54(35-75(98)113)90(120)103-78-53-33-72(128-69-17-12-49(82(80)114)30-61(69)96)86(132-93-87(85(117)84(116)74(42-107)130-93)131-76-41-95(7,99)88(118)44(6)126-76)73(34-53)129-70-18-13-50(31-62(70)97)83(115)81-92(122)104-79(68(112)39-57-51-25-45-24-46(27-51)28-52(57)26-45)60-36-56(37-65(109)77(60)59-29-48(11-16-64(59)108)58(40-67(78)111)91(121)106-81)127-94(123)102-63-15-14-55(124-21-19-100-9-2)38-71(63)125-22-20-101-10-3/h11-18,29-31,33-34,36-38,43-47,51-52,54,57-58,74,76,78-85,87-88,93,100-101,107-109,114-118H,8-10,19-28,32,35,39-42,99H2,1-7H3,(H2,98,113)(H,102,123)(H,103,120)(H,104,122)(H,105,119)(H,106,121)/t44-,45?,46?,47+,51?,52?,54-,57?,58+,74+,76-,78+,79-,80-,81-,82+,83+,84+,85-,87+,88+,93-,95-/m0/s1. The number of aliphatic hydroxyl groups excluding tert-OH is 6. The summed E-state index contributed by atoms with van der Waals surface area (Å²) in [6, 6.07) is 12.0. The van der Waals surface area contributed by atoms with E-state index >= 15 is 28.8 Å². The van der Waals surface area contributed by atoms with Crippen molar-refractivity contribution in [2.45, 2.75) is 223 Å². The Morgan fingerprint density at radius 2 is 1.31 bits per heavy atom. The predicted octanol–water partition coefficient (Wildman–Crippen LogP) is 8.35. The Kier molecular flexibility index (Phi) is 31.1. The third-order valence-corrected chi connectivity index (χ3v) is 27.1. The van der Waals surface area contributed by atoms with Gasteiger partial charge >= 0.3 is 6.09 Å². The van der Waals surface area contributed by atoms with E-state index in [0.29, 0.717) is 56.8 Å². The van der Waals surface area contributed by atoms with Crippen molar-refractivity contribution in [2.75, 3.05) is 51.3 Å². The molecular weight excluding hydrogens is 1750 g/mol. The fourth-order valence-corrected chi connectivity index (χ4v) is 20.4. The number of primary amides is 1. The summed E-state index contributed by atoms with van der Waals surface area (Å²) in [5, 5.41) is 116. The molecule has 6 aromatic rings. The zero-order chi connectivity index (χ0) is 94.6. The van der Waals surface area contributed by atoms with Crippen molar-refractivity contribution < 1.29 is 127 Å². The van der Waals surface area contributed by atoms with Gasteiger partial charge in [-0.1, -0.05) is 76.0 Å². The molecule has 7 aliphatic heterocycles. The largest absolute Gasteiger partial charge is 0.507 e. The van der Waals surface area contributed by atoms with Gasteiger partial charge in [-0.05, 0) is 202 Å². The van der Waals surface area contributed by atoms with Gasteiger partial charge in [-0.2, -0.15) is 0 Å². The van der Waals surface area contributed by atoms with Gasteiger partial charge in [0.15, 0.2) is 41.2 Å². The first-order chi connectivity index (χ1) is 63.0. The van der Waals surface area contributed by atoms with E-state index < -0.39 is 222 Å². The predicted molar refractivity (Wildman–Crippen MR) is 478 cm³/mol. The van der Waals surface area contributed by atoms with Crippen molar-refractivity contribution >= 4 is 81.9 Å². The molecule has 11 aliphatic rings. The van der Waals surface area contributed by atoms with Crippen molar-refractivity contribution in [1.29, 1.82) is 0 Å². The number of nitrogens with one attached hydrogen (secondary N) is 7. The molecule has 0 unspecified atom stereocenters. The van der Waals surface area contributed by atoms with Crippen molar-refractivity contribution in [2.24, 2.45) is 58.8 Å². The van der Waals surface area contributed by atoms with E-state index in [-0.39, 0.29) is 121 Å². The molecule has 2 saturated heterocycles. The molecule has 37 heteroatoms. The smallest absolute Gasteiger partial charge is 0.417 e. The molecule has 6 fully saturated rings. The molecule has 0 radical (unpaired) electrons. The van der Waals surface area contributed by atoms with Crippen LogP contribution in [-0.4, -0.2) is 207 Å². The monoisotopic (exact) mass is 1870 g/mol. The number of aliphatic hydroxyl groups is 6. The van der Waals surface area contributed by atoms with Crippen LogP contribution in [0.2, 0.25) is 10.0 Å². The Bertz CT molecular complexity index is 5270. The van der Waals surface area contributed by atoms with Gasteiger partial charge in [0.1, 0.15) is 108 Å². The highest BCUT2D eigenvalue weighted by Crippen LogP contribution is 2.59. The average Bonchev–Trinajstić information content (AvgIpc) is 0.866. The molecular formula is C95H117Cl2N9O26. The second-order valence-electron chi connectivity index (χ2n) is 36.5. The Morgan fingerprint density at radius 3 is 1.92 bits per heavy atom. The fourth-order valence-electron chi connectivity index (χ4n) is 19.9. The lowest BCUT2D eigenvalue weighted by Crippen LogP contribution is -2.64. The minimum Gasteiger partial charge on any atom is -0.507 e. The molecule has 19 N–H and O–H groups in total. The van der Waals surface area contributed by atoms with Gasteiger partial charge in [0, 0.05) is 79.9 Å². The molecule has 6 aromatic carbocycles. The lowest BCUT2D eigenvalue weighted by molar-refractivity contribution is -0.333. The van der Waals surface area contributed by atoms with Crippen molar-refractivity contribution in [3.8, 4) is 68.6 Å². The second kappa shape index (κ2) is 42.1. The molecule has 4 saturated carbocycles. The molecule has 6 amide bonds. The third-order valence-electron chi connectivity index (χ3n) is 26.5. The Labute approximate surface area is 772 Å². The topological polar surface area (TPSA) is 535 Å². The fraction of sp³-hybridized carbons (Fsp3) is 0.526.